The number of allylic oxidation sites excluding steroid dienone is 6. The quantitative estimate of drug-likeness (QED) is 0.0864. The number of hydrogen-bond acceptors (Lipinski definition) is 7. The number of aliphatic imine (C=N–C) groups is 1. The molecule has 1 unspecified atom stereocenters. The molecule has 10 heteroatoms. The standard InChI is InChI=1S/C43H52Cl2FN5O2/c1-5-27(4)42(52)35-12-11-34(20-31(35)19-28-9-8-10-28)51-25-29(26-51)24-50-17-15-33(16-18-50)48-23-32(22-47)30(6-2)21-39-38(7-3)49-43(53-39)40-36(44)13-14-37(46)41(40)45/h6,11-14,19-23,27,29,33,43,49H,2,5,7-10,15-18,24-26,47H2,1,3-4H3/b30-21+,32-22?,48-23?/t27?,43-/m0/s1. The number of nitrogens with one attached hydrogen (secondary N) is 1. The first-order valence-electron chi connectivity index (χ1n) is 19.1. The number of benzene rings is 2. The average Bonchev–Trinajstić information content (AvgIpc) is 3.54. The Morgan fingerprint density at radius 3 is 2.55 bits per heavy atom. The largest absolute Gasteiger partial charge is 0.465 e. The summed E-state index contributed by atoms with van der Waals surface area (Å²) in [6.07, 6.45) is 15.5. The van der Waals surface area contributed by atoms with Gasteiger partial charge in [0, 0.05) is 73.8 Å². The summed E-state index contributed by atoms with van der Waals surface area (Å²) < 4.78 is 20.5. The van der Waals surface area contributed by atoms with E-state index in [1.165, 1.54) is 36.0 Å². The molecule has 53 heavy (non-hydrogen) atoms. The van der Waals surface area contributed by atoms with Gasteiger partial charge in [0.1, 0.15) is 11.6 Å². The van der Waals surface area contributed by atoms with Crippen molar-refractivity contribution in [1.82, 2.24) is 10.2 Å². The Balaban J connectivity index is 1.01. The molecule has 7 nitrogen and oxygen atoms in total. The molecule has 282 valence electrons. The van der Waals surface area contributed by atoms with E-state index in [0.717, 1.165) is 92.8 Å². The third-order valence-corrected chi connectivity index (χ3v) is 11.8. The third-order valence-electron chi connectivity index (χ3n) is 11.1. The van der Waals surface area contributed by atoms with Crippen LogP contribution >= 0.6 is 23.2 Å². The maximum Gasteiger partial charge on any atom is 0.199 e. The summed E-state index contributed by atoms with van der Waals surface area (Å²) in [5, 5.41) is 3.53. The van der Waals surface area contributed by atoms with Gasteiger partial charge in [0.2, 0.25) is 0 Å². The molecule has 3 heterocycles. The van der Waals surface area contributed by atoms with Crippen LogP contribution in [0.15, 0.2) is 88.4 Å². The lowest BCUT2D eigenvalue weighted by molar-refractivity contribution is 0.0927. The van der Waals surface area contributed by atoms with Crippen LogP contribution in [0.25, 0.3) is 6.08 Å². The van der Waals surface area contributed by atoms with E-state index in [9.17, 15) is 9.18 Å². The predicted molar refractivity (Wildman–Crippen MR) is 217 cm³/mol. The highest BCUT2D eigenvalue weighted by molar-refractivity contribution is 6.36. The molecule has 0 spiro atoms. The highest BCUT2D eigenvalue weighted by Crippen LogP contribution is 2.39. The number of halogens is 3. The van der Waals surface area contributed by atoms with Crippen LogP contribution in [0.5, 0.6) is 0 Å². The summed E-state index contributed by atoms with van der Waals surface area (Å²) >= 11 is 12.6. The van der Waals surface area contributed by atoms with Crippen LogP contribution in [-0.2, 0) is 4.74 Å². The van der Waals surface area contributed by atoms with E-state index in [1.807, 2.05) is 26.1 Å². The molecule has 0 bridgehead atoms. The molecule has 1 aliphatic carbocycles. The van der Waals surface area contributed by atoms with E-state index < -0.39 is 12.0 Å². The van der Waals surface area contributed by atoms with Crippen molar-refractivity contribution in [2.45, 2.75) is 78.0 Å². The van der Waals surface area contributed by atoms with E-state index in [0.29, 0.717) is 28.7 Å². The molecule has 0 aromatic heterocycles. The van der Waals surface area contributed by atoms with Gasteiger partial charge in [-0.15, -0.1) is 0 Å². The van der Waals surface area contributed by atoms with E-state index in [-0.39, 0.29) is 22.8 Å². The molecule has 3 N–H and O–H groups in total. The zero-order chi connectivity index (χ0) is 37.6. The minimum absolute atomic E-state index is 0.0371. The number of carbonyl (C=O) groups is 1. The second-order valence-corrected chi connectivity index (χ2v) is 15.5. The topological polar surface area (TPSA) is 83.2 Å². The van der Waals surface area contributed by atoms with Crippen LogP contribution in [-0.4, -0.2) is 55.7 Å². The molecule has 2 aromatic rings. The van der Waals surface area contributed by atoms with Crippen LogP contribution in [0.3, 0.4) is 0 Å². The number of likely N-dealkylation sites (tertiary alicyclic amines) is 1. The summed E-state index contributed by atoms with van der Waals surface area (Å²) in [5.41, 5.74) is 13.4. The van der Waals surface area contributed by atoms with Gasteiger partial charge in [0.25, 0.3) is 0 Å². The molecule has 4 aliphatic rings. The fraction of sp³-hybridized carbons (Fsp3) is 0.442. The first-order chi connectivity index (χ1) is 25.6. The smallest absolute Gasteiger partial charge is 0.199 e. The molecule has 2 saturated heterocycles. The number of carbonyl (C=O) groups excluding carboxylic acids is 1. The van der Waals surface area contributed by atoms with Gasteiger partial charge in [-0.2, -0.15) is 0 Å². The monoisotopic (exact) mass is 759 g/mol. The Kier molecular flexibility index (Phi) is 12.9. The van der Waals surface area contributed by atoms with Crippen molar-refractivity contribution in [3.05, 3.63) is 116 Å². The first kappa shape index (κ1) is 38.9. The Morgan fingerprint density at radius 2 is 1.91 bits per heavy atom. The molecule has 0 radical (unpaired) electrons. The van der Waals surface area contributed by atoms with Crippen molar-refractivity contribution in [3.63, 3.8) is 0 Å². The van der Waals surface area contributed by atoms with Crippen molar-refractivity contribution < 1.29 is 13.9 Å². The molecule has 2 atom stereocenters. The van der Waals surface area contributed by atoms with Crippen LogP contribution in [0.1, 0.15) is 93.4 Å². The molecule has 0 amide bonds. The Labute approximate surface area is 324 Å². The number of ketones is 1. The number of ether oxygens (including phenoxy) is 1. The highest BCUT2D eigenvalue weighted by Gasteiger charge is 2.32. The fourth-order valence-electron chi connectivity index (χ4n) is 7.37. The second-order valence-electron chi connectivity index (χ2n) is 14.7. The molecular weight excluding hydrogens is 708 g/mol. The summed E-state index contributed by atoms with van der Waals surface area (Å²) in [6, 6.07) is 9.36. The zero-order valence-electron chi connectivity index (χ0n) is 31.1. The van der Waals surface area contributed by atoms with Crippen molar-refractivity contribution in [2.75, 3.05) is 37.6 Å². The van der Waals surface area contributed by atoms with Crippen molar-refractivity contribution in [1.29, 1.82) is 0 Å². The highest BCUT2D eigenvalue weighted by atomic mass is 35.5. The molecule has 6 rings (SSSR count). The second kappa shape index (κ2) is 17.5. The molecular formula is C43H52Cl2FN5O2. The molecule has 2 aromatic carbocycles. The van der Waals surface area contributed by atoms with E-state index >= 15 is 0 Å². The maximum atomic E-state index is 14.3. The lowest BCUT2D eigenvalue weighted by atomic mass is 9.87. The van der Waals surface area contributed by atoms with Gasteiger partial charge in [0.15, 0.2) is 12.0 Å². The van der Waals surface area contributed by atoms with Gasteiger partial charge in [-0.05, 0) is 92.5 Å². The van der Waals surface area contributed by atoms with Crippen molar-refractivity contribution >= 4 is 47.0 Å². The van der Waals surface area contributed by atoms with E-state index in [4.69, 9.17) is 38.7 Å². The normalized spacial score (nSPS) is 21.0. The molecule has 3 aliphatic heterocycles. The summed E-state index contributed by atoms with van der Waals surface area (Å²) in [5.74, 6) is 0.935. The summed E-state index contributed by atoms with van der Waals surface area (Å²) in [7, 11) is 0. The van der Waals surface area contributed by atoms with Gasteiger partial charge in [-0.1, -0.05) is 68.3 Å². The number of nitrogens with zero attached hydrogens (tertiary/aromatic N) is 3. The number of hydrogen-bond donors (Lipinski definition) is 2. The van der Waals surface area contributed by atoms with Gasteiger partial charge >= 0.3 is 0 Å². The first-order valence-corrected chi connectivity index (χ1v) is 19.8. The molecule has 3 fully saturated rings. The molecule has 1 saturated carbocycles. The lowest BCUT2D eigenvalue weighted by Gasteiger charge is -2.44. The van der Waals surface area contributed by atoms with Crippen molar-refractivity contribution in [2.24, 2.45) is 22.6 Å². The summed E-state index contributed by atoms with van der Waals surface area (Å²) in [6.45, 7) is 15.3. The van der Waals surface area contributed by atoms with E-state index in [1.54, 1.807) is 6.08 Å². The van der Waals surface area contributed by atoms with Gasteiger partial charge < -0.3 is 25.6 Å². The number of nitrogens with two attached hydrogens (primary N) is 1. The maximum absolute atomic E-state index is 14.3. The predicted octanol–water partition coefficient (Wildman–Crippen LogP) is 9.80. The summed E-state index contributed by atoms with van der Waals surface area (Å²) in [4.78, 5) is 23.1. The Hall–Kier alpha value is -3.85. The number of piperidine rings is 1. The zero-order valence-corrected chi connectivity index (χ0v) is 32.7. The lowest BCUT2D eigenvalue weighted by Crippen LogP contribution is -2.52. The third kappa shape index (κ3) is 8.93. The number of rotatable bonds is 14. The number of anilines is 1. The van der Waals surface area contributed by atoms with Crippen molar-refractivity contribution in [3.8, 4) is 0 Å². The van der Waals surface area contributed by atoms with Crippen LogP contribution in [0.4, 0.5) is 10.1 Å². The Bertz CT molecular complexity index is 1850. The van der Waals surface area contributed by atoms with Crippen LogP contribution in [0, 0.1) is 17.7 Å². The fourth-order valence-corrected chi connectivity index (χ4v) is 7.94. The van der Waals surface area contributed by atoms with E-state index in [2.05, 4.69) is 52.9 Å². The minimum atomic E-state index is -0.727. The number of Topliss-reactive ketones (excluding diaryl/α,β-unsaturated/α-hetero) is 1. The van der Waals surface area contributed by atoms with Gasteiger partial charge in [-0.3, -0.25) is 9.79 Å². The van der Waals surface area contributed by atoms with Gasteiger partial charge in [-0.25, -0.2) is 4.39 Å². The van der Waals surface area contributed by atoms with Crippen LogP contribution in [0.2, 0.25) is 10.0 Å². The average molecular weight is 761 g/mol. The minimum Gasteiger partial charge on any atom is -0.465 e. The Morgan fingerprint density at radius 1 is 1.15 bits per heavy atom. The SMILES string of the molecule is C=C/C(=C\C1=C(CC)N[C@H](c2c(Cl)ccc(F)c2Cl)O1)C(C=NC1CCN(CC2CN(c3ccc(C(=O)C(C)CC)c(C=C4CCC4)c3)C2)CC1)=CN. The van der Waals surface area contributed by atoms with Crippen LogP contribution < -0.4 is 16.0 Å². The van der Waals surface area contributed by atoms with Gasteiger partial charge in [0.05, 0.1) is 27.3 Å².